The maximum absolute atomic E-state index is 13.2. The van der Waals surface area contributed by atoms with E-state index in [2.05, 4.69) is 37.4 Å². The number of aromatic nitrogens is 2. The quantitative estimate of drug-likeness (QED) is 0.452. The molecule has 3 amide bonds. The van der Waals surface area contributed by atoms with Crippen molar-refractivity contribution in [3.05, 3.63) is 38.4 Å². The second-order valence-corrected chi connectivity index (χ2v) is 12.1. The van der Waals surface area contributed by atoms with Crippen LogP contribution in [-0.2, 0) is 22.6 Å². The Bertz CT molecular complexity index is 1160. The highest BCUT2D eigenvalue weighted by atomic mass is 35.5. The van der Waals surface area contributed by atoms with Crippen LogP contribution in [0.3, 0.4) is 0 Å². The normalized spacial score (nSPS) is 21.8. The molecule has 0 spiro atoms. The average molecular weight is 552 g/mol. The Kier molecular flexibility index (Phi) is 8.28. The monoisotopic (exact) mass is 551 g/mol. The van der Waals surface area contributed by atoms with Crippen LogP contribution < -0.4 is 16.0 Å². The fourth-order valence-electron chi connectivity index (χ4n) is 4.50. The molecule has 0 bridgehead atoms. The summed E-state index contributed by atoms with van der Waals surface area (Å²) in [4.78, 5) is 52.3. The van der Waals surface area contributed by atoms with Crippen LogP contribution in [0.15, 0.2) is 18.5 Å². The topological polar surface area (TPSA) is 120 Å². The number of likely N-dealkylation sites (N-methyl/N-ethyl adjacent to an activating group) is 1. The van der Waals surface area contributed by atoms with Crippen LogP contribution in [0, 0.1) is 5.92 Å². The lowest BCUT2D eigenvalue weighted by Gasteiger charge is -2.37. The molecule has 0 radical (unpaired) electrons. The van der Waals surface area contributed by atoms with Crippen LogP contribution in [-0.4, -0.2) is 77.3 Å². The van der Waals surface area contributed by atoms with Gasteiger partial charge in [0.15, 0.2) is 10.1 Å². The molecule has 0 saturated heterocycles. The number of fused-ring (bicyclic) bond motifs is 1. The van der Waals surface area contributed by atoms with Crippen molar-refractivity contribution in [3.63, 3.8) is 0 Å². The fourth-order valence-corrected chi connectivity index (χ4v) is 6.43. The molecule has 1 aliphatic carbocycles. The van der Waals surface area contributed by atoms with Crippen molar-refractivity contribution in [2.24, 2.45) is 5.92 Å². The first-order chi connectivity index (χ1) is 17.1. The first-order valence-electron chi connectivity index (χ1n) is 11.7. The minimum Gasteiger partial charge on any atom is -0.349 e. The lowest BCUT2D eigenvalue weighted by Crippen LogP contribution is -2.56. The summed E-state index contributed by atoms with van der Waals surface area (Å²) in [6, 6.07) is -0.804. The average Bonchev–Trinajstić information content (AvgIpc) is 3.44. The molecule has 3 N–H and O–H groups in total. The van der Waals surface area contributed by atoms with Gasteiger partial charge in [0, 0.05) is 50.4 Å². The van der Waals surface area contributed by atoms with Crippen LogP contribution in [0.25, 0.3) is 0 Å². The van der Waals surface area contributed by atoms with Crippen molar-refractivity contribution in [2.75, 3.05) is 33.0 Å². The van der Waals surface area contributed by atoms with Gasteiger partial charge in [-0.2, -0.15) is 0 Å². The third kappa shape index (κ3) is 6.23. The number of carbonyl (C=O) groups excluding carboxylic acids is 3. The molecule has 194 valence electrons. The lowest BCUT2D eigenvalue weighted by molar-refractivity contribution is -0.134. The van der Waals surface area contributed by atoms with Gasteiger partial charge in [0.2, 0.25) is 5.91 Å². The van der Waals surface area contributed by atoms with E-state index >= 15 is 0 Å². The second-order valence-electron chi connectivity index (χ2n) is 9.35. The van der Waals surface area contributed by atoms with Crippen molar-refractivity contribution in [1.29, 1.82) is 0 Å². The molecule has 4 rings (SSSR count). The number of rotatable bonds is 7. The van der Waals surface area contributed by atoms with Crippen molar-refractivity contribution in [1.82, 2.24) is 30.4 Å². The largest absolute Gasteiger partial charge is 0.349 e. The third-order valence-corrected chi connectivity index (χ3v) is 8.51. The number of amides is 3. The van der Waals surface area contributed by atoms with Gasteiger partial charge in [-0.25, -0.2) is 9.97 Å². The van der Waals surface area contributed by atoms with Gasteiger partial charge in [0.25, 0.3) is 11.8 Å². The Hall–Kier alpha value is -2.54. The molecule has 13 heteroatoms. The zero-order chi connectivity index (χ0) is 26.0. The number of carbonyl (C=O) groups is 3. The Balaban J connectivity index is 1.46. The molecule has 0 aromatic carbocycles. The first-order valence-corrected chi connectivity index (χ1v) is 13.7. The molecule has 36 heavy (non-hydrogen) atoms. The number of nitrogens with one attached hydrogen (secondary N) is 3. The first kappa shape index (κ1) is 26.5. The Labute approximate surface area is 223 Å². The predicted molar refractivity (Wildman–Crippen MR) is 141 cm³/mol. The maximum atomic E-state index is 13.2. The molecular formula is C23H30ClN7O3S2. The number of halogens is 1. The van der Waals surface area contributed by atoms with E-state index in [1.165, 1.54) is 28.9 Å². The van der Waals surface area contributed by atoms with Gasteiger partial charge in [0.05, 0.1) is 23.6 Å². The van der Waals surface area contributed by atoms with Crippen LogP contribution in [0.5, 0.6) is 0 Å². The fraction of sp³-hybridized carbons (Fsp3) is 0.522. The van der Waals surface area contributed by atoms with Crippen LogP contribution >= 0.6 is 34.3 Å². The van der Waals surface area contributed by atoms with Crippen molar-refractivity contribution >= 4 is 57.1 Å². The zero-order valence-corrected chi connectivity index (χ0v) is 22.9. The number of hydrogen-bond acceptors (Lipinski definition) is 9. The van der Waals surface area contributed by atoms with Crippen LogP contribution in [0.2, 0.25) is 4.34 Å². The number of thiazole rings is 2. The minimum atomic E-state index is -0.435. The Morgan fingerprint density at radius 1 is 1.19 bits per heavy atom. The Morgan fingerprint density at radius 2 is 1.97 bits per heavy atom. The SMILES string of the molecule is C=C(Nc1ncc(Cl)s1)C(=O)N[C@H]1CC[C@H](C(=O)N(C)C)C[C@H]1NC(=O)c1nc2c(s1)CN(C)CC2. The molecule has 10 nitrogen and oxygen atoms in total. The highest BCUT2D eigenvalue weighted by Gasteiger charge is 2.37. The number of anilines is 1. The summed E-state index contributed by atoms with van der Waals surface area (Å²) >= 11 is 8.51. The van der Waals surface area contributed by atoms with Crippen molar-refractivity contribution in [2.45, 2.75) is 44.3 Å². The highest BCUT2D eigenvalue weighted by molar-refractivity contribution is 7.19. The molecule has 2 aliphatic rings. The molecule has 2 aromatic rings. The van der Waals surface area contributed by atoms with Gasteiger partial charge in [-0.05, 0) is 26.3 Å². The standard InChI is InChI=1S/C23H30ClN7O3S2/c1-12(26-23-25-10-18(24)36-23)19(32)27-14-6-5-13(22(34)30(2)3)9-16(14)28-20(33)21-29-15-7-8-31(4)11-17(15)35-21/h10,13-14,16H,1,5-9,11H2,2-4H3,(H,25,26)(H,27,32)(H,28,33)/t13-,14-,16+/m0/s1. The molecule has 1 aliphatic heterocycles. The predicted octanol–water partition coefficient (Wildman–Crippen LogP) is 2.34. The van der Waals surface area contributed by atoms with Gasteiger partial charge in [0.1, 0.15) is 4.34 Å². The van der Waals surface area contributed by atoms with E-state index in [0.717, 1.165) is 30.1 Å². The van der Waals surface area contributed by atoms with Crippen LogP contribution in [0.1, 0.15) is 39.6 Å². The minimum absolute atomic E-state index is 0.0125. The van der Waals surface area contributed by atoms with Crippen LogP contribution in [0.4, 0.5) is 5.13 Å². The van der Waals surface area contributed by atoms with E-state index < -0.39 is 11.9 Å². The molecule has 1 saturated carbocycles. The van der Waals surface area contributed by atoms with Gasteiger partial charge >= 0.3 is 0 Å². The summed E-state index contributed by atoms with van der Waals surface area (Å²) in [5, 5.41) is 9.77. The molecule has 0 unspecified atom stereocenters. The van der Waals surface area contributed by atoms with Crippen molar-refractivity contribution < 1.29 is 14.4 Å². The molecule has 1 fully saturated rings. The smallest absolute Gasteiger partial charge is 0.280 e. The zero-order valence-electron chi connectivity index (χ0n) is 20.5. The molecular weight excluding hydrogens is 522 g/mol. The van der Waals surface area contributed by atoms with E-state index in [-0.39, 0.29) is 29.5 Å². The van der Waals surface area contributed by atoms with E-state index in [9.17, 15) is 14.4 Å². The molecule has 3 heterocycles. The van der Waals surface area contributed by atoms with E-state index in [1.54, 1.807) is 19.0 Å². The van der Waals surface area contributed by atoms with Crippen molar-refractivity contribution in [3.8, 4) is 0 Å². The Morgan fingerprint density at radius 3 is 2.67 bits per heavy atom. The third-order valence-electron chi connectivity index (χ3n) is 6.40. The number of nitrogens with zero attached hydrogens (tertiary/aromatic N) is 4. The number of hydrogen-bond donors (Lipinski definition) is 3. The van der Waals surface area contributed by atoms with Gasteiger partial charge < -0.3 is 25.8 Å². The summed E-state index contributed by atoms with van der Waals surface area (Å²) < 4.78 is 0.493. The second kappa shape index (κ2) is 11.2. The summed E-state index contributed by atoms with van der Waals surface area (Å²) in [5.41, 5.74) is 1.09. The summed E-state index contributed by atoms with van der Waals surface area (Å²) in [6.07, 6.45) is 3.87. The summed E-state index contributed by atoms with van der Waals surface area (Å²) in [7, 11) is 5.49. The highest BCUT2D eigenvalue weighted by Crippen LogP contribution is 2.29. The van der Waals surface area contributed by atoms with E-state index in [4.69, 9.17) is 11.6 Å². The van der Waals surface area contributed by atoms with E-state index in [0.29, 0.717) is 33.7 Å². The van der Waals surface area contributed by atoms with Gasteiger partial charge in [-0.1, -0.05) is 29.5 Å². The lowest BCUT2D eigenvalue weighted by atomic mass is 9.81. The molecule has 2 aromatic heterocycles. The van der Waals surface area contributed by atoms with E-state index in [1.807, 2.05) is 7.05 Å². The summed E-state index contributed by atoms with van der Waals surface area (Å²) in [5.74, 6) is -0.918. The summed E-state index contributed by atoms with van der Waals surface area (Å²) in [6.45, 7) is 5.50. The van der Waals surface area contributed by atoms with Gasteiger partial charge in [-0.15, -0.1) is 11.3 Å². The molecule has 3 atom stereocenters. The van der Waals surface area contributed by atoms with Gasteiger partial charge in [-0.3, -0.25) is 14.4 Å². The maximum Gasteiger partial charge on any atom is 0.280 e.